The Kier molecular flexibility index (Phi) is 7.44. The summed E-state index contributed by atoms with van der Waals surface area (Å²) >= 11 is 0. The van der Waals surface area contributed by atoms with Crippen molar-refractivity contribution in [3.05, 3.63) is 29.8 Å². The van der Waals surface area contributed by atoms with Crippen molar-refractivity contribution in [1.29, 1.82) is 0 Å². The van der Waals surface area contributed by atoms with Crippen LogP contribution in [0.3, 0.4) is 0 Å². The van der Waals surface area contributed by atoms with Gasteiger partial charge in [0.05, 0.1) is 6.61 Å². The average Bonchev–Trinajstić information content (AvgIpc) is 2.97. The van der Waals surface area contributed by atoms with Crippen molar-refractivity contribution >= 4 is 0 Å². The highest BCUT2D eigenvalue weighted by molar-refractivity contribution is 5.59. The minimum atomic E-state index is -0.0932. The number of phenols is 2. The number of fused-ring (bicyclic) bond motifs is 1. The smallest absolute Gasteiger partial charge is 0.165 e. The van der Waals surface area contributed by atoms with Gasteiger partial charge in [-0.3, -0.25) is 0 Å². The molecule has 1 unspecified atom stereocenters. The molecule has 0 amide bonds. The summed E-state index contributed by atoms with van der Waals surface area (Å²) in [4.78, 5) is 0. The number of rotatable bonds is 11. The minimum absolute atomic E-state index is 0.0309. The van der Waals surface area contributed by atoms with Gasteiger partial charge in [0, 0.05) is 24.2 Å². The number of ether oxygens (including phenoxy) is 2. The molecule has 0 fully saturated rings. The summed E-state index contributed by atoms with van der Waals surface area (Å²) in [5.41, 5.74) is 1.31. The van der Waals surface area contributed by atoms with E-state index in [1.165, 1.54) is 32.1 Å². The molecule has 0 radical (unpaired) electrons. The van der Waals surface area contributed by atoms with Crippen LogP contribution in [-0.2, 0) is 17.6 Å². The van der Waals surface area contributed by atoms with E-state index < -0.39 is 0 Å². The van der Waals surface area contributed by atoms with Crippen LogP contribution in [0.15, 0.2) is 18.7 Å². The number of phenolic OH excluding ortho intramolecular Hbond substituents is 2. The molecular formula is C20H30O4. The summed E-state index contributed by atoms with van der Waals surface area (Å²) in [6.45, 7) is 7.13. The highest BCUT2D eigenvalue weighted by Crippen LogP contribution is 2.44. The molecule has 0 saturated heterocycles. The molecule has 2 N–H and O–H groups in total. The normalized spacial score (nSPS) is 16.0. The fraction of sp³-hybridized carbons (Fsp3) is 0.600. The Morgan fingerprint density at radius 1 is 1.25 bits per heavy atom. The van der Waals surface area contributed by atoms with Crippen LogP contribution < -0.4 is 4.74 Å². The summed E-state index contributed by atoms with van der Waals surface area (Å²) in [5, 5.41) is 20.3. The molecule has 2 rings (SSSR count). The largest absolute Gasteiger partial charge is 0.508 e. The van der Waals surface area contributed by atoms with Gasteiger partial charge in [-0.2, -0.15) is 0 Å². The lowest BCUT2D eigenvalue weighted by Gasteiger charge is -2.13. The van der Waals surface area contributed by atoms with Gasteiger partial charge in [0.2, 0.25) is 0 Å². The summed E-state index contributed by atoms with van der Waals surface area (Å²) in [6.07, 6.45) is 10.1. The third kappa shape index (κ3) is 4.91. The number of hydrogen-bond acceptors (Lipinski definition) is 4. The fourth-order valence-electron chi connectivity index (χ4n) is 3.10. The molecule has 1 aliphatic heterocycles. The summed E-state index contributed by atoms with van der Waals surface area (Å²) < 4.78 is 11.5. The number of hydrogen-bond donors (Lipinski definition) is 2. The van der Waals surface area contributed by atoms with E-state index in [2.05, 4.69) is 13.5 Å². The molecule has 134 valence electrons. The Hall–Kier alpha value is -1.68. The highest BCUT2D eigenvalue weighted by Gasteiger charge is 2.28. The topological polar surface area (TPSA) is 58.9 Å². The third-order valence-electron chi connectivity index (χ3n) is 4.44. The van der Waals surface area contributed by atoms with E-state index in [0.717, 1.165) is 18.6 Å². The second-order valence-electron chi connectivity index (χ2n) is 6.49. The lowest BCUT2D eigenvalue weighted by molar-refractivity contribution is 0.0575. The van der Waals surface area contributed by atoms with Crippen LogP contribution in [-0.4, -0.2) is 29.5 Å². The maximum atomic E-state index is 10.3. The molecule has 24 heavy (non-hydrogen) atoms. The van der Waals surface area contributed by atoms with Gasteiger partial charge in [0.15, 0.2) is 11.5 Å². The fourth-order valence-corrected chi connectivity index (χ4v) is 3.10. The highest BCUT2D eigenvalue weighted by atomic mass is 16.5. The molecule has 1 aromatic carbocycles. The first-order valence-corrected chi connectivity index (χ1v) is 9.09. The van der Waals surface area contributed by atoms with Gasteiger partial charge in [0.25, 0.3) is 0 Å². The summed E-state index contributed by atoms with van der Waals surface area (Å²) in [6, 6.07) is 1.68. The van der Waals surface area contributed by atoms with Crippen molar-refractivity contribution < 1.29 is 19.7 Å². The Morgan fingerprint density at radius 2 is 2.00 bits per heavy atom. The zero-order valence-corrected chi connectivity index (χ0v) is 14.7. The first-order valence-electron chi connectivity index (χ1n) is 9.09. The predicted octanol–water partition coefficient (Wildman–Crippen LogP) is 4.51. The van der Waals surface area contributed by atoms with Gasteiger partial charge in [-0.15, -0.1) is 6.58 Å². The maximum absolute atomic E-state index is 10.3. The number of aromatic hydroxyl groups is 2. The molecule has 0 bridgehead atoms. The minimum Gasteiger partial charge on any atom is -0.508 e. The Labute approximate surface area is 145 Å². The molecule has 0 spiro atoms. The molecule has 0 saturated carbocycles. The quantitative estimate of drug-likeness (QED) is 0.462. The van der Waals surface area contributed by atoms with Gasteiger partial charge >= 0.3 is 0 Å². The molecule has 4 heteroatoms. The van der Waals surface area contributed by atoms with E-state index in [1.807, 2.05) is 0 Å². The van der Waals surface area contributed by atoms with Crippen LogP contribution in [0.4, 0.5) is 0 Å². The average molecular weight is 334 g/mol. The monoisotopic (exact) mass is 334 g/mol. The number of unbranched alkanes of at least 4 members (excludes halogenated alkanes) is 5. The SMILES string of the molecule is C=CCc1c(O)cc2c(c1O)OC(COCCCCCCCC)C2. The Morgan fingerprint density at radius 3 is 2.75 bits per heavy atom. The third-order valence-corrected chi connectivity index (χ3v) is 4.44. The van der Waals surface area contributed by atoms with Gasteiger partial charge in [-0.25, -0.2) is 0 Å². The zero-order valence-electron chi connectivity index (χ0n) is 14.7. The molecule has 0 aliphatic carbocycles. The number of benzene rings is 1. The number of allylic oxidation sites excluding steroid dienone is 1. The summed E-state index contributed by atoms with van der Waals surface area (Å²) in [7, 11) is 0. The van der Waals surface area contributed by atoms with Crippen molar-refractivity contribution in [2.75, 3.05) is 13.2 Å². The Balaban J connectivity index is 1.74. The second kappa shape index (κ2) is 9.58. The maximum Gasteiger partial charge on any atom is 0.165 e. The van der Waals surface area contributed by atoms with Crippen molar-refractivity contribution in [1.82, 2.24) is 0 Å². The van der Waals surface area contributed by atoms with E-state index in [9.17, 15) is 10.2 Å². The zero-order chi connectivity index (χ0) is 17.4. The van der Waals surface area contributed by atoms with E-state index in [0.29, 0.717) is 30.8 Å². The second-order valence-corrected chi connectivity index (χ2v) is 6.49. The van der Waals surface area contributed by atoms with Crippen LogP contribution in [0.1, 0.15) is 56.6 Å². The van der Waals surface area contributed by atoms with Gasteiger partial charge in [-0.1, -0.05) is 45.1 Å². The van der Waals surface area contributed by atoms with Crippen LogP contribution in [0.25, 0.3) is 0 Å². The van der Waals surface area contributed by atoms with Crippen molar-refractivity contribution in [3.8, 4) is 17.2 Å². The van der Waals surface area contributed by atoms with Gasteiger partial charge < -0.3 is 19.7 Å². The van der Waals surface area contributed by atoms with Crippen LogP contribution in [0.2, 0.25) is 0 Å². The summed E-state index contributed by atoms with van der Waals surface area (Å²) in [5.74, 6) is 0.615. The molecular weight excluding hydrogens is 304 g/mol. The van der Waals surface area contributed by atoms with Gasteiger partial charge in [-0.05, 0) is 18.9 Å². The molecule has 1 heterocycles. The molecule has 4 nitrogen and oxygen atoms in total. The predicted molar refractivity (Wildman–Crippen MR) is 96.0 cm³/mol. The first kappa shape index (κ1) is 18.7. The van der Waals surface area contributed by atoms with Crippen molar-refractivity contribution in [2.24, 2.45) is 0 Å². The van der Waals surface area contributed by atoms with Crippen molar-refractivity contribution in [2.45, 2.75) is 64.4 Å². The molecule has 1 aliphatic rings. The lowest BCUT2D eigenvalue weighted by atomic mass is 10.0. The van der Waals surface area contributed by atoms with Crippen LogP contribution in [0.5, 0.6) is 17.2 Å². The van der Waals surface area contributed by atoms with E-state index in [-0.39, 0.29) is 17.6 Å². The van der Waals surface area contributed by atoms with E-state index in [1.54, 1.807) is 12.1 Å². The van der Waals surface area contributed by atoms with Gasteiger partial charge in [0.1, 0.15) is 11.9 Å². The van der Waals surface area contributed by atoms with E-state index in [4.69, 9.17) is 9.47 Å². The molecule has 1 atom stereocenters. The first-order chi connectivity index (χ1) is 11.7. The molecule has 0 aromatic heterocycles. The van der Waals surface area contributed by atoms with Crippen LogP contribution >= 0.6 is 0 Å². The Bertz CT molecular complexity index is 539. The molecule has 1 aromatic rings. The standard InChI is InChI=1S/C20H30O4/c1-3-5-6-7-8-9-11-23-14-16-12-15-13-18(21)17(10-4-2)19(22)20(15)24-16/h4,13,16,21-22H,2-3,5-12,14H2,1H3. The lowest BCUT2D eigenvalue weighted by Crippen LogP contribution is -2.20. The van der Waals surface area contributed by atoms with E-state index >= 15 is 0 Å². The van der Waals surface area contributed by atoms with Crippen molar-refractivity contribution in [3.63, 3.8) is 0 Å². The van der Waals surface area contributed by atoms with Crippen LogP contribution in [0, 0.1) is 0 Å².